The smallest absolute Gasteiger partial charge is 0.271 e. The van der Waals surface area contributed by atoms with Gasteiger partial charge in [-0.2, -0.15) is 22.5 Å². The zero-order chi connectivity index (χ0) is 13.9. The maximum atomic E-state index is 12.2. The number of rotatable bonds is 5. The highest BCUT2D eigenvalue weighted by atomic mass is 32.2. The molecule has 2 heterocycles. The van der Waals surface area contributed by atoms with Gasteiger partial charge in [0.25, 0.3) is 10.2 Å². The molecule has 7 heteroatoms. The number of aromatic nitrogens is 2. The molecule has 1 fully saturated rings. The van der Waals surface area contributed by atoms with Crippen LogP contribution in [0.1, 0.15) is 26.7 Å². The predicted molar refractivity (Wildman–Crippen MR) is 73.7 cm³/mol. The summed E-state index contributed by atoms with van der Waals surface area (Å²) < 4.78 is 30.4. The van der Waals surface area contributed by atoms with Gasteiger partial charge in [-0.15, -0.1) is 0 Å². The first-order valence-electron chi connectivity index (χ1n) is 6.72. The molecule has 0 amide bonds. The van der Waals surface area contributed by atoms with Gasteiger partial charge in [-0.05, 0) is 31.7 Å². The Hall–Kier alpha value is -0.920. The number of piperidine rings is 1. The van der Waals surface area contributed by atoms with E-state index in [0.717, 1.165) is 12.8 Å². The predicted octanol–water partition coefficient (Wildman–Crippen LogP) is 0.838. The molecule has 0 aromatic carbocycles. The van der Waals surface area contributed by atoms with E-state index in [-0.39, 0.29) is 6.04 Å². The summed E-state index contributed by atoms with van der Waals surface area (Å²) in [6, 6.07) is 1.65. The van der Waals surface area contributed by atoms with E-state index in [9.17, 15) is 8.42 Å². The Balaban J connectivity index is 1.89. The van der Waals surface area contributed by atoms with Crippen LogP contribution >= 0.6 is 0 Å². The minimum absolute atomic E-state index is 0.177. The van der Waals surface area contributed by atoms with E-state index in [4.69, 9.17) is 0 Å². The van der Waals surface area contributed by atoms with Crippen LogP contribution in [0.5, 0.6) is 0 Å². The molecule has 1 atom stereocenters. The Morgan fingerprint density at radius 3 is 2.68 bits per heavy atom. The van der Waals surface area contributed by atoms with Crippen molar-refractivity contribution < 1.29 is 8.42 Å². The molecule has 108 valence electrons. The molecule has 6 nitrogen and oxygen atoms in total. The van der Waals surface area contributed by atoms with Gasteiger partial charge in [-0.25, -0.2) is 0 Å². The lowest BCUT2D eigenvalue weighted by Crippen LogP contribution is -2.48. The normalized spacial score (nSPS) is 20.5. The average Bonchev–Trinajstić information content (AvgIpc) is 2.81. The zero-order valence-electron chi connectivity index (χ0n) is 11.5. The molecule has 1 aliphatic rings. The van der Waals surface area contributed by atoms with Crippen molar-refractivity contribution in [1.29, 1.82) is 0 Å². The Kier molecular flexibility index (Phi) is 4.59. The molecule has 1 N–H and O–H groups in total. The number of nitrogens with zero attached hydrogens (tertiary/aromatic N) is 3. The molecular weight excluding hydrogens is 264 g/mol. The summed E-state index contributed by atoms with van der Waals surface area (Å²) in [6.45, 7) is 5.79. The standard InChI is InChI=1S/C12H22N4O2S/c1-11-4-8-16(9-5-11)19(17,18)14-12(2)10-15-7-3-6-13-15/h3,6-7,11-12,14H,4-5,8-10H2,1-2H3/t12-/m1/s1. The fourth-order valence-corrected chi connectivity index (χ4v) is 3.70. The third-order valence-corrected chi connectivity index (χ3v) is 5.20. The second-order valence-electron chi connectivity index (χ2n) is 5.33. The van der Waals surface area contributed by atoms with Crippen molar-refractivity contribution in [3.63, 3.8) is 0 Å². The molecule has 19 heavy (non-hydrogen) atoms. The summed E-state index contributed by atoms with van der Waals surface area (Å²) in [5.74, 6) is 0.618. The quantitative estimate of drug-likeness (QED) is 0.872. The van der Waals surface area contributed by atoms with Crippen molar-refractivity contribution in [2.45, 2.75) is 39.3 Å². The molecule has 0 spiro atoms. The summed E-state index contributed by atoms with van der Waals surface area (Å²) >= 11 is 0. The summed E-state index contributed by atoms with van der Waals surface area (Å²) in [4.78, 5) is 0. The van der Waals surface area contributed by atoms with E-state index < -0.39 is 10.2 Å². The van der Waals surface area contributed by atoms with Crippen LogP contribution in [0.3, 0.4) is 0 Å². The average molecular weight is 286 g/mol. The topological polar surface area (TPSA) is 67.2 Å². The van der Waals surface area contributed by atoms with Crippen LogP contribution < -0.4 is 4.72 Å². The van der Waals surface area contributed by atoms with Crippen LogP contribution in [-0.2, 0) is 16.8 Å². The lowest BCUT2D eigenvalue weighted by Gasteiger charge is -2.30. The summed E-state index contributed by atoms with van der Waals surface area (Å²) in [5, 5.41) is 4.08. The minimum atomic E-state index is -3.37. The summed E-state index contributed by atoms with van der Waals surface area (Å²) in [6.07, 6.45) is 5.39. The van der Waals surface area contributed by atoms with E-state index in [1.807, 2.05) is 19.2 Å². The lowest BCUT2D eigenvalue weighted by molar-refractivity contribution is 0.283. The van der Waals surface area contributed by atoms with Gasteiger partial charge < -0.3 is 0 Å². The molecule has 1 aliphatic heterocycles. The van der Waals surface area contributed by atoms with Gasteiger partial charge in [0.1, 0.15) is 0 Å². The van der Waals surface area contributed by atoms with Crippen molar-refractivity contribution >= 4 is 10.2 Å². The van der Waals surface area contributed by atoms with Crippen molar-refractivity contribution in [2.75, 3.05) is 13.1 Å². The fraction of sp³-hybridized carbons (Fsp3) is 0.750. The number of nitrogens with one attached hydrogen (secondary N) is 1. The molecule has 0 radical (unpaired) electrons. The van der Waals surface area contributed by atoms with Crippen molar-refractivity contribution in [1.82, 2.24) is 18.8 Å². The highest BCUT2D eigenvalue weighted by molar-refractivity contribution is 7.87. The Labute approximate surface area is 115 Å². The lowest BCUT2D eigenvalue weighted by atomic mass is 10.0. The Bertz CT molecular complexity index is 478. The van der Waals surface area contributed by atoms with Gasteiger partial charge >= 0.3 is 0 Å². The van der Waals surface area contributed by atoms with Gasteiger partial charge in [0, 0.05) is 31.5 Å². The third kappa shape index (κ3) is 4.02. The monoisotopic (exact) mass is 286 g/mol. The van der Waals surface area contributed by atoms with Gasteiger partial charge in [-0.3, -0.25) is 4.68 Å². The van der Waals surface area contributed by atoms with Gasteiger partial charge in [0.2, 0.25) is 0 Å². The van der Waals surface area contributed by atoms with Crippen LogP contribution in [0.4, 0.5) is 0 Å². The van der Waals surface area contributed by atoms with Gasteiger partial charge in [-0.1, -0.05) is 6.92 Å². The second kappa shape index (κ2) is 6.02. The number of hydrogen-bond acceptors (Lipinski definition) is 3. The van der Waals surface area contributed by atoms with E-state index in [2.05, 4.69) is 16.7 Å². The zero-order valence-corrected chi connectivity index (χ0v) is 12.3. The van der Waals surface area contributed by atoms with Crippen LogP contribution in [-0.4, -0.2) is 41.6 Å². The molecule has 2 rings (SSSR count). The molecule has 1 aromatic heterocycles. The van der Waals surface area contributed by atoms with Crippen molar-refractivity contribution in [2.24, 2.45) is 5.92 Å². The van der Waals surface area contributed by atoms with E-state index in [1.165, 1.54) is 0 Å². The SMILES string of the molecule is CC1CCN(S(=O)(=O)N[C@H](C)Cn2cccn2)CC1. The molecule has 0 unspecified atom stereocenters. The Morgan fingerprint density at radius 1 is 1.42 bits per heavy atom. The molecule has 1 aromatic rings. The van der Waals surface area contributed by atoms with Crippen LogP contribution in [0.25, 0.3) is 0 Å². The highest BCUT2D eigenvalue weighted by Crippen LogP contribution is 2.18. The first kappa shape index (κ1) is 14.5. The third-order valence-electron chi connectivity index (χ3n) is 3.45. The molecule has 0 saturated carbocycles. The number of hydrogen-bond donors (Lipinski definition) is 1. The van der Waals surface area contributed by atoms with Crippen molar-refractivity contribution in [3.05, 3.63) is 18.5 Å². The van der Waals surface area contributed by atoms with Crippen LogP contribution in [0.2, 0.25) is 0 Å². The molecule has 1 saturated heterocycles. The minimum Gasteiger partial charge on any atom is -0.271 e. The Morgan fingerprint density at radius 2 is 2.11 bits per heavy atom. The van der Waals surface area contributed by atoms with E-state index in [1.54, 1.807) is 15.2 Å². The molecule has 0 aliphatic carbocycles. The maximum absolute atomic E-state index is 12.2. The first-order valence-corrected chi connectivity index (χ1v) is 8.16. The second-order valence-corrected chi connectivity index (χ2v) is 7.04. The largest absolute Gasteiger partial charge is 0.279 e. The van der Waals surface area contributed by atoms with Crippen molar-refractivity contribution in [3.8, 4) is 0 Å². The fourth-order valence-electron chi connectivity index (χ4n) is 2.28. The first-order chi connectivity index (χ1) is 8.97. The van der Waals surface area contributed by atoms with Gasteiger partial charge in [0.05, 0.1) is 6.54 Å². The van der Waals surface area contributed by atoms with Crippen LogP contribution in [0.15, 0.2) is 18.5 Å². The van der Waals surface area contributed by atoms with E-state index >= 15 is 0 Å². The summed E-state index contributed by atoms with van der Waals surface area (Å²) in [5.41, 5.74) is 0. The maximum Gasteiger partial charge on any atom is 0.279 e. The van der Waals surface area contributed by atoms with E-state index in [0.29, 0.717) is 25.6 Å². The highest BCUT2D eigenvalue weighted by Gasteiger charge is 2.27. The van der Waals surface area contributed by atoms with Crippen LogP contribution in [0, 0.1) is 5.92 Å². The molecular formula is C12H22N4O2S. The summed E-state index contributed by atoms with van der Waals surface area (Å²) in [7, 11) is -3.37. The molecule has 0 bridgehead atoms. The van der Waals surface area contributed by atoms with Gasteiger partial charge in [0.15, 0.2) is 0 Å².